The molecule has 1 unspecified atom stereocenters. The average molecular weight is 294 g/mol. The van der Waals surface area contributed by atoms with Gasteiger partial charge in [0.05, 0.1) is 6.04 Å². The zero-order chi connectivity index (χ0) is 14.7. The van der Waals surface area contributed by atoms with Crippen molar-refractivity contribution in [2.45, 2.75) is 19.4 Å². The van der Waals surface area contributed by atoms with Gasteiger partial charge in [0.25, 0.3) is 0 Å². The molecule has 1 heterocycles. The fourth-order valence-electron chi connectivity index (χ4n) is 1.71. The summed E-state index contributed by atoms with van der Waals surface area (Å²) in [6, 6.07) is 6.61. The number of amides is 1. The fraction of sp³-hybridized carbons (Fsp3) is 0.308. The van der Waals surface area contributed by atoms with Crippen molar-refractivity contribution in [1.82, 2.24) is 14.8 Å². The molecule has 0 radical (unpaired) electrons. The highest BCUT2D eigenvalue weighted by atomic mass is 35.5. The largest absolute Gasteiger partial charge is 0.320 e. The Hall–Kier alpha value is -1.92. The van der Waals surface area contributed by atoms with Crippen molar-refractivity contribution in [3.05, 3.63) is 40.7 Å². The van der Waals surface area contributed by atoms with Gasteiger partial charge in [-0.2, -0.15) is 0 Å². The molecule has 0 fully saturated rings. The first kappa shape index (κ1) is 14.5. The Labute approximate surface area is 121 Å². The summed E-state index contributed by atoms with van der Waals surface area (Å²) in [5, 5.41) is 11.0. The summed E-state index contributed by atoms with van der Waals surface area (Å²) in [7, 11) is 1.77. The zero-order valence-corrected chi connectivity index (χ0v) is 12.1. The molecule has 0 saturated heterocycles. The van der Waals surface area contributed by atoms with E-state index < -0.39 is 6.04 Å². The van der Waals surface area contributed by atoms with E-state index in [2.05, 4.69) is 15.5 Å². The van der Waals surface area contributed by atoms with E-state index in [0.717, 1.165) is 5.56 Å². The first-order chi connectivity index (χ1) is 9.49. The van der Waals surface area contributed by atoms with Gasteiger partial charge in [0.15, 0.2) is 0 Å². The van der Waals surface area contributed by atoms with Crippen molar-refractivity contribution in [2.75, 3.05) is 5.32 Å². The molecule has 0 aliphatic heterocycles. The van der Waals surface area contributed by atoms with Crippen LogP contribution in [0.3, 0.4) is 0 Å². The summed E-state index contributed by atoms with van der Waals surface area (Å²) in [6.45, 7) is 1.80. The molecule has 3 N–H and O–H groups in total. The maximum atomic E-state index is 12.0. The zero-order valence-electron chi connectivity index (χ0n) is 11.3. The molecular weight excluding hydrogens is 278 g/mol. The van der Waals surface area contributed by atoms with Crippen LogP contribution in [-0.2, 0) is 18.3 Å². The Morgan fingerprint density at radius 2 is 2.15 bits per heavy atom. The number of aromatic nitrogens is 3. The molecule has 1 aromatic heterocycles. The van der Waals surface area contributed by atoms with Crippen molar-refractivity contribution in [3.8, 4) is 0 Å². The van der Waals surface area contributed by atoms with Gasteiger partial charge in [-0.05, 0) is 25.0 Å². The Morgan fingerprint density at radius 3 is 2.75 bits per heavy atom. The normalized spacial score (nSPS) is 12.2. The van der Waals surface area contributed by atoms with Gasteiger partial charge in [0.2, 0.25) is 11.9 Å². The van der Waals surface area contributed by atoms with Crippen LogP contribution >= 0.6 is 11.6 Å². The van der Waals surface area contributed by atoms with E-state index in [4.69, 9.17) is 17.3 Å². The Kier molecular flexibility index (Phi) is 4.36. The number of hydrogen-bond acceptors (Lipinski definition) is 4. The minimum atomic E-state index is -0.702. The molecule has 0 aliphatic carbocycles. The van der Waals surface area contributed by atoms with E-state index >= 15 is 0 Å². The van der Waals surface area contributed by atoms with Crippen molar-refractivity contribution >= 4 is 23.5 Å². The second-order valence-electron chi connectivity index (χ2n) is 4.52. The number of rotatable bonds is 4. The number of anilines is 1. The van der Waals surface area contributed by atoms with Crippen molar-refractivity contribution in [1.29, 1.82) is 0 Å². The Bertz CT molecular complexity index is 625. The minimum absolute atomic E-state index is 0.319. The van der Waals surface area contributed by atoms with Crippen LogP contribution in [0.1, 0.15) is 11.4 Å². The highest BCUT2D eigenvalue weighted by Gasteiger charge is 2.17. The number of hydrogen-bond donors (Lipinski definition) is 2. The molecule has 0 bridgehead atoms. The molecule has 1 aromatic carbocycles. The van der Waals surface area contributed by atoms with E-state index in [1.54, 1.807) is 24.6 Å². The summed E-state index contributed by atoms with van der Waals surface area (Å²) in [6.07, 6.45) is 0.363. The summed E-state index contributed by atoms with van der Waals surface area (Å²) >= 11 is 6.05. The molecule has 0 aliphatic rings. The lowest BCUT2D eigenvalue weighted by atomic mass is 10.1. The molecule has 6 nitrogen and oxygen atoms in total. The fourth-order valence-corrected chi connectivity index (χ4v) is 1.93. The molecule has 2 aromatic rings. The monoisotopic (exact) mass is 293 g/mol. The number of halogens is 1. The van der Waals surface area contributed by atoms with Crippen LogP contribution in [0.15, 0.2) is 24.3 Å². The van der Waals surface area contributed by atoms with Crippen LogP contribution in [0.25, 0.3) is 0 Å². The second-order valence-corrected chi connectivity index (χ2v) is 4.93. The number of nitrogens with zero attached hydrogens (tertiary/aromatic N) is 3. The molecule has 1 atom stereocenters. The molecule has 20 heavy (non-hydrogen) atoms. The van der Waals surface area contributed by atoms with Gasteiger partial charge in [-0.1, -0.05) is 29.8 Å². The number of nitrogens with two attached hydrogens (primary N) is 1. The SMILES string of the molecule is Cc1nnc(NC(=O)C(N)Cc2ccccc2Cl)n1C. The minimum Gasteiger partial charge on any atom is -0.320 e. The summed E-state index contributed by atoms with van der Waals surface area (Å²) in [5.41, 5.74) is 6.73. The third-order valence-corrected chi connectivity index (χ3v) is 3.43. The summed E-state index contributed by atoms with van der Waals surface area (Å²) < 4.78 is 1.68. The number of benzene rings is 1. The van der Waals surface area contributed by atoms with E-state index in [9.17, 15) is 4.79 Å². The van der Waals surface area contributed by atoms with Gasteiger partial charge < -0.3 is 10.3 Å². The van der Waals surface area contributed by atoms with Gasteiger partial charge >= 0.3 is 0 Å². The number of carbonyl (C=O) groups excluding carboxylic acids is 1. The van der Waals surface area contributed by atoms with Crippen molar-refractivity contribution < 1.29 is 4.79 Å². The molecule has 0 spiro atoms. The summed E-state index contributed by atoms with van der Waals surface area (Å²) in [4.78, 5) is 12.0. The highest BCUT2D eigenvalue weighted by Crippen LogP contribution is 2.16. The number of nitrogens with one attached hydrogen (secondary N) is 1. The first-order valence-corrected chi connectivity index (χ1v) is 6.52. The van der Waals surface area contributed by atoms with Crippen molar-refractivity contribution in [2.24, 2.45) is 12.8 Å². The van der Waals surface area contributed by atoms with Gasteiger partial charge in [0.1, 0.15) is 5.82 Å². The standard InChI is InChI=1S/C13H16ClN5O/c1-8-17-18-13(19(8)2)16-12(20)11(15)7-9-5-3-4-6-10(9)14/h3-6,11H,7,15H2,1-2H3,(H,16,18,20). The van der Waals surface area contributed by atoms with E-state index in [1.807, 2.05) is 18.2 Å². The van der Waals surface area contributed by atoms with E-state index in [0.29, 0.717) is 23.2 Å². The summed E-state index contributed by atoms with van der Waals surface area (Å²) in [5.74, 6) is 0.766. The van der Waals surface area contributed by atoms with Crippen LogP contribution in [-0.4, -0.2) is 26.7 Å². The first-order valence-electron chi connectivity index (χ1n) is 6.15. The van der Waals surface area contributed by atoms with Crippen LogP contribution in [0, 0.1) is 6.92 Å². The van der Waals surface area contributed by atoms with E-state index in [1.165, 1.54) is 0 Å². The lowest BCUT2D eigenvalue weighted by molar-refractivity contribution is -0.117. The van der Waals surface area contributed by atoms with Crippen LogP contribution in [0.5, 0.6) is 0 Å². The maximum absolute atomic E-state index is 12.0. The maximum Gasteiger partial charge on any atom is 0.243 e. The highest BCUT2D eigenvalue weighted by molar-refractivity contribution is 6.31. The van der Waals surface area contributed by atoms with Gasteiger partial charge in [-0.15, -0.1) is 10.2 Å². The molecule has 106 valence electrons. The molecular formula is C13H16ClN5O. The molecule has 1 amide bonds. The van der Waals surface area contributed by atoms with Crippen LogP contribution in [0.2, 0.25) is 5.02 Å². The smallest absolute Gasteiger partial charge is 0.243 e. The lowest BCUT2D eigenvalue weighted by Crippen LogP contribution is -2.38. The Morgan fingerprint density at radius 1 is 1.45 bits per heavy atom. The number of carbonyl (C=O) groups is 1. The third kappa shape index (κ3) is 3.15. The molecule has 7 heteroatoms. The molecule has 2 rings (SSSR count). The van der Waals surface area contributed by atoms with Crippen molar-refractivity contribution in [3.63, 3.8) is 0 Å². The molecule has 0 saturated carbocycles. The number of aryl methyl sites for hydroxylation is 1. The van der Waals surface area contributed by atoms with Crippen LogP contribution in [0.4, 0.5) is 5.95 Å². The van der Waals surface area contributed by atoms with Gasteiger partial charge in [0, 0.05) is 12.1 Å². The Balaban J connectivity index is 2.03. The van der Waals surface area contributed by atoms with Gasteiger partial charge in [-0.25, -0.2) is 0 Å². The van der Waals surface area contributed by atoms with E-state index in [-0.39, 0.29) is 5.91 Å². The van der Waals surface area contributed by atoms with Gasteiger partial charge in [-0.3, -0.25) is 10.1 Å². The predicted octanol–water partition coefficient (Wildman–Crippen LogP) is 1.29. The quantitative estimate of drug-likeness (QED) is 0.889. The van der Waals surface area contributed by atoms with Crippen LogP contribution < -0.4 is 11.1 Å². The lowest BCUT2D eigenvalue weighted by Gasteiger charge is -2.12. The predicted molar refractivity (Wildman–Crippen MR) is 77.5 cm³/mol. The third-order valence-electron chi connectivity index (χ3n) is 3.06. The topological polar surface area (TPSA) is 85.8 Å². The second kappa shape index (κ2) is 6.02. The average Bonchev–Trinajstić information content (AvgIpc) is 2.73.